The molecule has 1 aliphatic heterocycles. The number of carbonyl (C=O) groups excluding carboxylic acids is 3. The molecule has 0 bridgehead atoms. The van der Waals surface area contributed by atoms with Crippen LogP contribution in [-0.4, -0.2) is 43.1 Å². The van der Waals surface area contributed by atoms with Crippen molar-refractivity contribution in [2.24, 2.45) is 0 Å². The molecule has 1 heterocycles. The SMILES string of the molecule is CCCN1C(=O)N[C@H](c2cccc(NC(=O)NCC)c2)C(C(=O)OC)=C1C. The van der Waals surface area contributed by atoms with Crippen molar-refractivity contribution in [3.63, 3.8) is 0 Å². The average molecular weight is 374 g/mol. The van der Waals surface area contributed by atoms with E-state index in [1.165, 1.54) is 7.11 Å². The predicted octanol–water partition coefficient (Wildman–Crippen LogP) is 2.75. The van der Waals surface area contributed by atoms with Crippen LogP contribution >= 0.6 is 0 Å². The first kappa shape index (κ1) is 20.3. The van der Waals surface area contributed by atoms with Crippen molar-refractivity contribution in [1.29, 1.82) is 0 Å². The van der Waals surface area contributed by atoms with E-state index in [4.69, 9.17) is 4.74 Å². The van der Waals surface area contributed by atoms with E-state index in [1.54, 1.807) is 36.1 Å². The van der Waals surface area contributed by atoms with Gasteiger partial charge in [-0.3, -0.25) is 4.90 Å². The van der Waals surface area contributed by atoms with E-state index in [0.717, 1.165) is 6.42 Å². The molecule has 0 radical (unpaired) electrons. The summed E-state index contributed by atoms with van der Waals surface area (Å²) in [5.74, 6) is -0.499. The number of esters is 1. The van der Waals surface area contributed by atoms with Crippen LogP contribution in [0.25, 0.3) is 0 Å². The fourth-order valence-corrected chi connectivity index (χ4v) is 3.03. The van der Waals surface area contributed by atoms with Gasteiger partial charge in [0, 0.05) is 24.5 Å². The van der Waals surface area contributed by atoms with Crippen LogP contribution in [-0.2, 0) is 9.53 Å². The smallest absolute Gasteiger partial charge is 0.337 e. The first-order valence-electron chi connectivity index (χ1n) is 8.94. The standard InChI is InChI=1S/C19H26N4O4/c1-5-10-23-12(3)15(17(24)27-4)16(22-19(23)26)13-8-7-9-14(11-13)21-18(25)20-6-2/h7-9,11,16H,5-6,10H2,1-4H3,(H,22,26)(H2,20,21,25)/t16-/m1/s1. The van der Waals surface area contributed by atoms with Crippen molar-refractivity contribution in [1.82, 2.24) is 15.5 Å². The van der Waals surface area contributed by atoms with Crippen molar-refractivity contribution in [2.75, 3.05) is 25.5 Å². The van der Waals surface area contributed by atoms with Crippen molar-refractivity contribution < 1.29 is 19.1 Å². The van der Waals surface area contributed by atoms with Crippen molar-refractivity contribution in [2.45, 2.75) is 33.2 Å². The van der Waals surface area contributed by atoms with Crippen molar-refractivity contribution in [3.05, 3.63) is 41.1 Å². The molecule has 0 aromatic heterocycles. The number of nitrogens with one attached hydrogen (secondary N) is 3. The molecule has 0 spiro atoms. The highest BCUT2D eigenvalue weighted by Gasteiger charge is 2.35. The highest BCUT2D eigenvalue weighted by molar-refractivity contribution is 5.95. The summed E-state index contributed by atoms with van der Waals surface area (Å²) in [7, 11) is 1.31. The van der Waals surface area contributed by atoms with Crippen LogP contribution in [0.15, 0.2) is 35.5 Å². The van der Waals surface area contributed by atoms with E-state index in [0.29, 0.717) is 35.6 Å². The lowest BCUT2D eigenvalue weighted by atomic mass is 9.94. The van der Waals surface area contributed by atoms with E-state index >= 15 is 0 Å². The minimum atomic E-state index is -0.658. The van der Waals surface area contributed by atoms with Gasteiger partial charge in [-0.05, 0) is 38.0 Å². The first-order chi connectivity index (χ1) is 12.9. The maximum Gasteiger partial charge on any atom is 0.337 e. The number of hydrogen-bond acceptors (Lipinski definition) is 4. The number of ether oxygens (including phenoxy) is 1. The Labute approximate surface area is 158 Å². The van der Waals surface area contributed by atoms with Gasteiger partial charge in [-0.1, -0.05) is 19.1 Å². The Morgan fingerprint density at radius 1 is 1.30 bits per heavy atom. The molecule has 0 fully saturated rings. The summed E-state index contributed by atoms with van der Waals surface area (Å²) in [6.45, 7) is 6.53. The summed E-state index contributed by atoms with van der Waals surface area (Å²) in [6, 6.07) is 5.76. The third-order valence-corrected chi connectivity index (χ3v) is 4.26. The number of carbonyl (C=O) groups is 3. The minimum Gasteiger partial charge on any atom is -0.466 e. The summed E-state index contributed by atoms with van der Waals surface area (Å²) in [4.78, 5) is 38.3. The topological polar surface area (TPSA) is 99.8 Å². The molecule has 1 aromatic carbocycles. The predicted molar refractivity (Wildman–Crippen MR) is 102 cm³/mol. The Bertz CT molecular complexity index is 760. The zero-order valence-electron chi connectivity index (χ0n) is 16.1. The van der Waals surface area contributed by atoms with E-state index < -0.39 is 12.0 Å². The molecule has 1 aliphatic rings. The van der Waals surface area contributed by atoms with Gasteiger partial charge >= 0.3 is 18.0 Å². The number of benzene rings is 1. The van der Waals surface area contributed by atoms with Crippen LogP contribution < -0.4 is 16.0 Å². The number of anilines is 1. The molecule has 8 nitrogen and oxygen atoms in total. The quantitative estimate of drug-likeness (QED) is 0.667. The zero-order chi connectivity index (χ0) is 20.0. The second-order valence-electron chi connectivity index (χ2n) is 6.13. The van der Waals surface area contributed by atoms with Gasteiger partial charge in [-0.25, -0.2) is 14.4 Å². The Morgan fingerprint density at radius 2 is 2.04 bits per heavy atom. The molecule has 0 saturated carbocycles. The van der Waals surface area contributed by atoms with E-state index in [9.17, 15) is 14.4 Å². The molecule has 4 amide bonds. The number of methoxy groups -OCH3 is 1. The first-order valence-corrected chi connectivity index (χ1v) is 8.94. The molecule has 27 heavy (non-hydrogen) atoms. The maximum atomic E-state index is 12.5. The molecule has 0 saturated heterocycles. The number of hydrogen-bond donors (Lipinski definition) is 3. The maximum absolute atomic E-state index is 12.5. The lowest BCUT2D eigenvalue weighted by Crippen LogP contribution is -2.48. The summed E-state index contributed by atoms with van der Waals surface area (Å²) in [5.41, 5.74) is 2.18. The third-order valence-electron chi connectivity index (χ3n) is 4.26. The van der Waals surface area contributed by atoms with Gasteiger partial charge in [0.05, 0.1) is 18.7 Å². The zero-order valence-corrected chi connectivity index (χ0v) is 16.1. The fourth-order valence-electron chi connectivity index (χ4n) is 3.03. The molecular weight excluding hydrogens is 348 g/mol. The molecule has 8 heteroatoms. The molecule has 1 aromatic rings. The Morgan fingerprint density at radius 3 is 2.67 bits per heavy atom. The molecule has 0 unspecified atom stereocenters. The molecule has 3 N–H and O–H groups in total. The fraction of sp³-hybridized carbons (Fsp3) is 0.421. The van der Waals surface area contributed by atoms with Crippen LogP contribution in [0.3, 0.4) is 0 Å². The third kappa shape index (κ3) is 4.58. The van der Waals surface area contributed by atoms with E-state index in [2.05, 4.69) is 16.0 Å². The second kappa shape index (κ2) is 9.07. The molecular formula is C19H26N4O4. The number of rotatable bonds is 6. The lowest BCUT2D eigenvalue weighted by Gasteiger charge is -2.35. The van der Waals surface area contributed by atoms with Gasteiger partial charge in [0.2, 0.25) is 0 Å². The van der Waals surface area contributed by atoms with Gasteiger partial charge in [0.1, 0.15) is 0 Å². The minimum absolute atomic E-state index is 0.269. The summed E-state index contributed by atoms with van der Waals surface area (Å²) in [6.07, 6.45) is 0.760. The second-order valence-corrected chi connectivity index (χ2v) is 6.13. The number of urea groups is 2. The van der Waals surface area contributed by atoms with Crippen LogP contribution in [0.1, 0.15) is 38.8 Å². The monoisotopic (exact) mass is 374 g/mol. The Hall–Kier alpha value is -3.03. The Kier molecular flexibility index (Phi) is 6.81. The number of amides is 4. The van der Waals surface area contributed by atoms with E-state index in [1.807, 2.05) is 13.8 Å². The lowest BCUT2D eigenvalue weighted by molar-refractivity contribution is -0.136. The Balaban J connectivity index is 2.42. The number of allylic oxidation sites excluding steroid dienone is 1. The van der Waals surface area contributed by atoms with Gasteiger partial charge in [0.25, 0.3) is 0 Å². The van der Waals surface area contributed by atoms with Crippen molar-refractivity contribution in [3.8, 4) is 0 Å². The van der Waals surface area contributed by atoms with Gasteiger partial charge in [0.15, 0.2) is 0 Å². The van der Waals surface area contributed by atoms with Gasteiger partial charge < -0.3 is 20.7 Å². The summed E-state index contributed by atoms with van der Waals surface area (Å²) < 4.78 is 4.95. The molecule has 146 valence electrons. The van der Waals surface area contributed by atoms with Crippen LogP contribution in [0.4, 0.5) is 15.3 Å². The van der Waals surface area contributed by atoms with Crippen LogP contribution in [0.5, 0.6) is 0 Å². The number of nitrogens with zero attached hydrogens (tertiary/aromatic N) is 1. The summed E-state index contributed by atoms with van der Waals surface area (Å²) in [5, 5.41) is 8.25. The highest BCUT2D eigenvalue weighted by Crippen LogP contribution is 2.32. The molecule has 1 atom stereocenters. The van der Waals surface area contributed by atoms with Gasteiger partial charge in [-0.2, -0.15) is 0 Å². The average Bonchev–Trinajstić information content (AvgIpc) is 2.64. The largest absolute Gasteiger partial charge is 0.466 e. The molecule has 0 aliphatic carbocycles. The van der Waals surface area contributed by atoms with Crippen molar-refractivity contribution >= 4 is 23.7 Å². The highest BCUT2D eigenvalue weighted by atomic mass is 16.5. The molecule has 2 rings (SSSR count). The normalized spacial score (nSPS) is 16.7. The van der Waals surface area contributed by atoms with Crippen LogP contribution in [0, 0.1) is 0 Å². The van der Waals surface area contributed by atoms with E-state index in [-0.39, 0.29) is 12.1 Å². The summed E-state index contributed by atoms with van der Waals surface area (Å²) >= 11 is 0. The van der Waals surface area contributed by atoms with Gasteiger partial charge in [-0.15, -0.1) is 0 Å². The van der Waals surface area contributed by atoms with Crippen LogP contribution in [0.2, 0.25) is 0 Å².